The molecule has 1 aliphatic carbocycles. The molecule has 1 aliphatic heterocycles. The monoisotopic (exact) mass is 618 g/mol. The fraction of sp³-hybridized carbons (Fsp3) is 0.281. The molecule has 0 spiro atoms. The summed E-state index contributed by atoms with van der Waals surface area (Å²) in [6.07, 6.45) is 3.13. The number of amides is 2. The molecule has 1 unspecified atom stereocenters. The molecule has 2 heterocycles. The zero-order chi connectivity index (χ0) is 30.3. The summed E-state index contributed by atoms with van der Waals surface area (Å²) in [4.78, 5) is 26.5. The third kappa shape index (κ3) is 6.01. The predicted octanol–water partition coefficient (Wildman–Crippen LogP) is 5.89. The van der Waals surface area contributed by atoms with Gasteiger partial charge in [0.15, 0.2) is 11.5 Å². The first-order valence-corrected chi connectivity index (χ1v) is 15.5. The van der Waals surface area contributed by atoms with Crippen LogP contribution in [0, 0.1) is 0 Å². The van der Waals surface area contributed by atoms with Crippen molar-refractivity contribution in [1.29, 1.82) is 0 Å². The lowest BCUT2D eigenvalue weighted by Crippen LogP contribution is -2.25. The fourth-order valence-corrected chi connectivity index (χ4v) is 6.20. The van der Waals surface area contributed by atoms with E-state index in [9.17, 15) is 9.59 Å². The second kappa shape index (κ2) is 11.7. The molecule has 0 radical (unpaired) electrons. The van der Waals surface area contributed by atoms with Crippen molar-refractivity contribution in [2.75, 3.05) is 24.8 Å². The van der Waals surface area contributed by atoms with Crippen molar-refractivity contribution in [3.63, 3.8) is 0 Å². The van der Waals surface area contributed by atoms with E-state index in [2.05, 4.69) is 10.4 Å². The van der Waals surface area contributed by atoms with Gasteiger partial charge in [0.1, 0.15) is 18.5 Å². The average molecular weight is 619 g/mol. The quantitative estimate of drug-likeness (QED) is 0.236. The molecule has 1 fully saturated rings. The van der Waals surface area contributed by atoms with Gasteiger partial charge < -0.3 is 25.3 Å². The number of ether oxygens (including phenoxy) is 3. The van der Waals surface area contributed by atoms with E-state index in [1.165, 1.54) is 0 Å². The predicted molar refractivity (Wildman–Crippen MR) is 167 cm³/mol. The van der Waals surface area contributed by atoms with Crippen LogP contribution >= 0.6 is 23.4 Å². The second-order valence-corrected chi connectivity index (χ2v) is 12.2. The Morgan fingerprint density at radius 2 is 1.93 bits per heavy atom. The van der Waals surface area contributed by atoms with Crippen LogP contribution in [0.25, 0.3) is 16.9 Å². The molecule has 3 N–H and O–H groups in total. The van der Waals surface area contributed by atoms with E-state index < -0.39 is 11.7 Å². The van der Waals surface area contributed by atoms with Gasteiger partial charge in [-0.2, -0.15) is 5.10 Å². The van der Waals surface area contributed by atoms with Gasteiger partial charge in [0.25, 0.3) is 11.8 Å². The summed E-state index contributed by atoms with van der Waals surface area (Å²) in [5.74, 6) is -0.842. The summed E-state index contributed by atoms with van der Waals surface area (Å²) in [7, 11) is 0. The number of anilines is 1. The lowest BCUT2D eigenvalue weighted by atomic mass is 9.88. The summed E-state index contributed by atoms with van der Waals surface area (Å²) >= 11 is 7.95. The van der Waals surface area contributed by atoms with E-state index in [0.29, 0.717) is 48.1 Å². The number of halogens is 1. The molecule has 9 nitrogen and oxygen atoms in total. The minimum absolute atomic E-state index is 0.150. The molecule has 1 saturated heterocycles. The van der Waals surface area contributed by atoms with Crippen LogP contribution in [0.2, 0.25) is 5.02 Å². The minimum Gasteiger partial charge on any atom is -0.491 e. The van der Waals surface area contributed by atoms with Crippen LogP contribution in [0.5, 0.6) is 5.75 Å². The third-order valence-electron chi connectivity index (χ3n) is 7.49. The van der Waals surface area contributed by atoms with E-state index >= 15 is 0 Å². The van der Waals surface area contributed by atoms with E-state index in [1.807, 2.05) is 68.6 Å². The molecule has 4 aromatic rings. The highest BCUT2D eigenvalue weighted by Crippen LogP contribution is 2.39. The Morgan fingerprint density at radius 3 is 2.60 bits per heavy atom. The number of nitrogens with zero attached hydrogens (tertiary/aromatic N) is 2. The van der Waals surface area contributed by atoms with Gasteiger partial charge in [-0.15, -0.1) is 11.8 Å². The van der Waals surface area contributed by atoms with Gasteiger partial charge in [0.2, 0.25) is 0 Å². The molecule has 43 heavy (non-hydrogen) atoms. The number of nitrogens with two attached hydrogens (primary N) is 1. The summed E-state index contributed by atoms with van der Waals surface area (Å²) < 4.78 is 19.1. The van der Waals surface area contributed by atoms with Crippen LogP contribution in [0.1, 0.15) is 45.8 Å². The molecule has 1 atom stereocenters. The van der Waals surface area contributed by atoms with Crippen LogP contribution in [0.3, 0.4) is 0 Å². The first-order valence-electron chi connectivity index (χ1n) is 13.9. The smallest absolute Gasteiger partial charge is 0.269 e. The van der Waals surface area contributed by atoms with Crippen LogP contribution in [0.15, 0.2) is 65.6 Å². The highest BCUT2D eigenvalue weighted by Gasteiger charge is 2.33. The number of hydrogen-bond acceptors (Lipinski definition) is 7. The highest BCUT2D eigenvalue weighted by atomic mass is 35.5. The maximum absolute atomic E-state index is 13.1. The van der Waals surface area contributed by atoms with Crippen LogP contribution in [-0.4, -0.2) is 53.0 Å². The number of carbonyl (C=O) groups excluding carboxylic acids is 2. The largest absolute Gasteiger partial charge is 0.491 e. The number of fused-ring (bicyclic) bond motifs is 3. The zero-order valence-corrected chi connectivity index (χ0v) is 25.6. The average Bonchev–Trinajstić information content (AvgIpc) is 3.56. The van der Waals surface area contributed by atoms with E-state index in [0.717, 1.165) is 33.0 Å². The topological polar surface area (TPSA) is 118 Å². The zero-order valence-electron chi connectivity index (χ0n) is 24.0. The van der Waals surface area contributed by atoms with E-state index in [-0.39, 0.29) is 17.7 Å². The number of nitrogens with one attached hydrogen (secondary N) is 1. The van der Waals surface area contributed by atoms with Gasteiger partial charge >= 0.3 is 0 Å². The Balaban J connectivity index is 1.29. The van der Waals surface area contributed by atoms with Crippen molar-refractivity contribution in [2.45, 2.75) is 43.5 Å². The first kappa shape index (κ1) is 29.3. The maximum Gasteiger partial charge on any atom is 0.269 e. The van der Waals surface area contributed by atoms with Crippen molar-refractivity contribution >= 4 is 40.9 Å². The van der Waals surface area contributed by atoms with Crippen molar-refractivity contribution in [3.05, 3.63) is 88.1 Å². The minimum atomic E-state index is -0.610. The Morgan fingerprint density at radius 1 is 1.14 bits per heavy atom. The summed E-state index contributed by atoms with van der Waals surface area (Å²) in [5, 5.41) is 7.99. The Hall–Kier alpha value is -3.83. The first-order chi connectivity index (χ1) is 20.6. The van der Waals surface area contributed by atoms with Crippen molar-refractivity contribution in [3.8, 4) is 22.7 Å². The summed E-state index contributed by atoms with van der Waals surface area (Å²) in [6.45, 7) is 4.59. The van der Waals surface area contributed by atoms with Crippen LogP contribution < -0.4 is 15.8 Å². The highest BCUT2D eigenvalue weighted by molar-refractivity contribution is 7.98. The SMILES string of the molecule is CSc1ccc(C(=O)Nc2ccc3c(c2)-c2c(c(C(N)=O)nn2-c2ccc(OCC4COC(C)(C)O4)cc2)CC3)c(Cl)c1. The number of rotatable bonds is 8. The molecular weight excluding hydrogens is 588 g/mol. The number of aromatic nitrogens is 2. The van der Waals surface area contributed by atoms with Gasteiger partial charge in [-0.25, -0.2) is 4.68 Å². The molecule has 1 aromatic heterocycles. The Bertz CT molecular complexity index is 1720. The maximum atomic E-state index is 13.1. The van der Waals surface area contributed by atoms with Gasteiger partial charge in [-0.1, -0.05) is 17.7 Å². The normalized spacial score (nSPS) is 16.8. The number of carbonyl (C=O) groups is 2. The fourth-order valence-electron chi connectivity index (χ4n) is 5.42. The summed E-state index contributed by atoms with van der Waals surface area (Å²) in [5.41, 5.74) is 11.2. The molecular formula is C32H31ClN4O5S. The Labute approximate surface area is 258 Å². The standard InChI is InChI=1S/C32H31ClN4O5S/c1-32(2)41-17-22(42-32)16-40-21-9-7-20(8-10-21)37-29-25(28(36-37)30(34)38)12-5-18-4-6-19(14-26(18)29)35-31(39)24-13-11-23(43-3)15-27(24)33/h4,6-11,13-15,22H,5,12,16-17H2,1-3H3,(H2,34,38)(H,35,39). The Kier molecular flexibility index (Phi) is 7.95. The molecule has 2 aliphatic rings. The molecule has 11 heteroatoms. The second-order valence-electron chi connectivity index (χ2n) is 10.9. The number of primary amides is 1. The molecule has 0 saturated carbocycles. The lowest BCUT2D eigenvalue weighted by Gasteiger charge is -2.20. The van der Waals surface area contributed by atoms with Crippen molar-refractivity contribution in [2.24, 2.45) is 5.73 Å². The number of benzene rings is 3. The molecule has 2 amide bonds. The van der Waals surface area contributed by atoms with Crippen molar-refractivity contribution in [1.82, 2.24) is 9.78 Å². The van der Waals surface area contributed by atoms with Crippen LogP contribution in [-0.2, 0) is 22.3 Å². The van der Waals surface area contributed by atoms with Gasteiger partial charge in [0.05, 0.1) is 28.6 Å². The van der Waals surface area contributed by atoms with Crippen molar-refractivity contribution < 1.29 is 23.8 Å². The number of hydrogen-bond donors (Lipinski definition) is 2. The summed E-state index contributed by atoms with van der Waals surface area (Å²) in [6, 6.07) is 18.6. The van der Waals surface area contributed by atoms with E-state index in [4.69, 9.17) is 31.5 Å². The molecule has 6 rings (SSSR count). The molecule has 0 bridgehead atoms. The van der Waals surface area contributed by atoms with Gasteiger partial charge in [-0.3, -0.25) is 9.59 Å². The molecule has 3 aromatic carbocycles. The lowest BCUT2D eigenvalue weighted by molar-refractivity contribution is -0.141. The van der Waals surface area contributed by atoms with E-state index in [1.54, 1.807) is 28.6 Å². The number of aryl methyl sites for hydroxylation is 1. The van der Waals surface area contributed by atoms with Gasteiger partial charge in [0, 0.05) is 21.7 Å². The third-order valence-corrected chi connectivity index (χ3v) is 8.53. The van der Waals surface area contributed by atoms with Gasteiger partial charge in [-0.05, 0) is 93.1 Å². The molecule has 222 valence electrons. The number of thioether (sulfide) groups is 1. The van der Waals surface area contributed by atoms with Crippen LogP contribution in [0.4, 0.5) is 5.69 Å².